The lowest BCUT2D eigenvalue weighted by Gasteiger charge is -2.06. The van der Waals surface area contributed by atoms with Crippen LogP contribution in [0.3, 0.4) is 0 Å². The van der Waals surface area contributed by atoms with Gasteiger partial charge in [-0.25, -0.2) is 4.98 Å². The molecule has 29 heavy (non-hydrogen) atoms. The predicted molar refractivity (Wildman–Crippen MR) is 118 cm³/mol. The Morgan fingerprint density at radius 2 is 1.66 bits per heavy atom. The van der Waals surface area contributed by atoms with Gasteiger partial charge in [0.2, 0.25) is 0 Å². The number of benzene rings is 2. The Morgan fingerprint density at radius 1 is 0.931 bits per heavy atom. The molecule has 2 aromatic heterocycles. The fourth-order valence-corrected chi connectivity index (χ4v) is 2.90. The van der Waals surface area contributed by atoms with Crippen molar-refractivity contribution in [2.45, 2.75) is 41.2 Å². The van der Waals surface area contributed by atoms with Gasteiger partial charge in [-0.3, -0.25) is 9.89 Å². The second-order valence-electron chi connectivity index (χ2n) is 6.81. The van der Waals surface area contributed by atoms with E-state index in [-0.39, 0.29) is 5.56 Å². The van der Waals surface area contributed by atoms with Gasteiger partial charge in [0, 0.05) is 17.3 Å². The lowest BCUT2D eigenvalue weighted by Crippen LogP contribution is -2.17. The quantitative estimate of drug-likeness (QED) is 0.533. The van der Waals surface area contributed by atoms with Crippen LogP contribution >= 0.6 is 0 Å². The number of nitrogens with one attached hydrogen (secondary N) is 2. The van der Waals surface area contributed by atoms with Gasteiger partial charge in [-0.1, -0.05) is 43.7 Å². The van der Waals surface area contributed by atoms with E-state index in [9.17, 15) is 4.79 Å². The number of hydrogen-bond donors (Lipinski definition) is 2. The fraction of sp³-hybridized carbons (Fsp3) is 0.261. The highest BCUT2D eigenvalue weighted by Crippen LogP contribution is 2.19. The average molecular weight is 390 g/mol. The number of H-pyrrole nitrogens is 1. The van der Waals surface area contributed by atoms with E-state index in [1.807, 2.05) is 57.2 Å². The first-order valence-corrected chi connectivity index (χ1v) is 9.86. The SMILES string of the molecule is CC.Cc1ccc(NCc2cc(=O)n3[nH]c(-c4ccc(C)c(C)c4)nc3n2)cc1. The Morgan fingerprint density at radius 3 is 2.34 bits per heavy atom. The van der Waals surface area contributed by atoms with Crippen LogP contribution in [0.4, 0.5) is 5.69 Å². The fourth-order valence-electron chi connectivity index (χ4n) is 2.90. The molecule has 0 saturated carbocycles. The van der Waals surface area contributed by atoms with Gasteiger partial charge in [-0.2, -0.15) is 9.50 Å². The highest BCUT2D eigenvalue weighted by atomic mass is 16.1. The van der Waals surface area contributed by atoms with E-state index < -0.39 is 0 Å². The van der Waals surface area contributed by atoms with Crippen LogP contribution < -0.4 is 10.9 Å². The zero-order valence-corrected chi connectivity index (χ0v) is 17.6. The number of aromatic nitrogens is 4. The van der Waals surface area contributed by atoms with E-state index in [1.54, 1.807) is 0 Å². The molecule has 6 nitrogen and oxygen atoms in total. The molecule has 0 aliphatic carbocycles. The third kappa shape index (κ3) is 4.54. The Hall–Kier alpha value is -3.41. The summed E-state index contributed by atoms with van der Waals surface area (Å²) in [5.41, 5.74) is 5.99. The summed E-state index contributed by atoms with van der Waals surface area (Å²) in [4.78, 5) is 21.5. The highest BCUT2D eigenvalue weighted by molar-refractivity contribution is 5.59. The van der Waals surface area contributed by atoms with Crippen molar-refractivity contribution in [3.05, 3.63) is 81.3 Å². The molecular weight excluding hydrogens is 362 g/mol. The molecule has 6 heteroatoms. The normalized spacial score (nSPS) is 10.5. The summed E-state index contributed by atoms with van der Waals surface area (Å²) in [6, 6.07) is 15.7. The van der Waals surface area contributed by atoms with Gasteiger partial charge < -0.3 is 5.32 Å². The number of aromatic amines is 1. The summed E-state index contributed by atoms with van der Waals surface area (Å²) in [6.45, 7) is 10.6. The van der Waals surface area contributed by atoms with Gasteiger partial charge in [0.15, 0.2) is 5.82 Å². The van der Waals surface area contributed by atoms with Crippen molar-refractivity contribution in [2.75, 3.05) is 5.32 Å². The van der Waals surface area contributed by atoms with Crippen molar-refractivity contribution >= 4 is 11.5 Å². The second-order valence-corrected chi connectivity index (χ2v) is 6.81. The van der Waals surface area contributed by atoms with Crippen molar-refractivity contribution in [3.8, 4) is 11.4 Å². The number of rotatable bonds is 4. The van der Waals surface area contributed by atoms with E-state index in [0.717, 1.165) is 11.3 Å². The number of hydrogen-bond acceptors (Lipinski definition) is 4. The Balaban J connectivity index is 0.00000117. The molecule has 2 aromatic carbocycles. The second kappa shape index (κ2) is 8.73. The number of anilines is 1. The highest BCUT2D eigenvalue weighted by Gasteiger charge is 2.10. The molecule has 0 saturated heterocycles. The largest absolute Gasteiger partial charge is 0.379 e. The van der Waals surface area contributed by atoms with Gasteiger partial charge in [0.05, 0.1) is 12.2 Å². The molecule has 0 bridgehead atoms. The first-order valence-electron chi connectivity index (χ1n) is 9.86. The summed E-state index contributed by atoms with van der Waals surface area (Å²) < 4.78 is 1.37. The maximum atomic E-state index is 12.4. The molecule has 0 radical (unpaired) electrons. The summed E-state index contributed by atoms with van der Waals surface area (Å²) in [5, 5.41) is 6.33. The minimum absolute atomic E-state index is 0.178. The van der Waals surface area contributed by atoms with Crippen LogP contribution in [0, 0.1) is 20.8 Å². The molecule has 2 heterocycles. The van der Waals surface area contributed by atoms with E-state index >= 15 is 0 Å². The van der Waals surface area contributed by atoms with E-state index in [2.05, 4.69) is 40.3 Å². The molecule has 0 fully saturated rings. The number of aryl methyl sites for hydroxylation is 3. The molecule has 0 spiro atoms. The molecule has 150 valence electrons. The van der Waals surface area contributed by atoms with Crippen molar-refractivity contribution in [3.63, 3.8) is 0 Å². The monoisotopic (exact) mass is 389 g/mol. The van der Waals surface area contributed by atoms with Gasteiger partial charge >= 0.3 is 0 Å². The summed E-state index contributed by atoms with van der Waals surface area (Å²) in [7, 11) is 0. The number of fused-ring (bicyclic) bond motifs is 1. The van der Waals surface area contributed by atoms with Crippen molar-refractivity contribution in [1.29, 1.82) is 0 Å². The molecule has 0 atom stereocenters. The molecule has 0 aliphatic heterocycles. The van der Waals surface area contributed by atoms with Crippen LogP contribution in [-0.4, -0.2) is 19.6 Å². The van der Waals surface area contributed by atoms with Gasteiger partial charge in [-0.05, 0) is 50.1 Å². The van der Waals surface area contributed by atoms with Crippen LogP contribution in [0.1, 0.15) is 36.2 Å². The zero-order valence-electron chi connectivity index (χ0n) is 17.6. The van der Waals surface area contributed by atoms with Crippen LogP contribution in [0.5, 0.6) is 0 Å². The Kier molecular flexibility index (Phi) is 6.12. The maximum absolute atomic E-state index is 12.4. The molecule has 0 aliphatic rings. The van der Waals surface area contributed by atoms with E-state index in [1.165, 1.54) is 27.3 Å². The lowest BCUT2D eigenvalue weighted by atomic mass is 10.1. The Bertz CT molecular complexity index is 1170. The standard InChI is InChI=1S/C21H21N5O.C2H6/c1-13-4-8-17(9-5-13)22-12-18-11-19(27)26-21(23-18)24-20(25-26)16-7-6-14(2)15(3)10-16;1-2/h4-11,22H,12H2,1-3H3,(H,23,24,25);1-2H3. The molecule has 0 unspecified atom stereocenters. The zero-order chi connectivity index (χ0) is 21.0. The minimum atomic E-state index is -0.178. The van der Waals surface area contributed by atoms with Crippen LogP contribution in [-0.2, 0) is 6.54 Å². The summed E-state index contributed by atoms with van der Waals surface area (Å²) in [6.07, 6.45) is 0. The summed E-state index contributed by atoms with van der Waals surface area (Å²) in [5.74, 6) is 1.00. The van der Waals surface area contributed by atoms with Crippen LogP contribution in [0.15, 0.2) is 53.3 Å². The first kappa shape index (κ1) is 20.3. The third-order valence-electron chi connectivity index (χ3n) is 4.69. The van der Waals surface area contributed by atoms with Crippen molar-refractivity contribution in [1.82, 2.24) is 19.6 Å². The average Bonchev–Trinajstić information content (AvgIpc) is 3.16. The minimum Gasteiger partial charge on any atom is -0.379 e. The van der Waals surface area contributed by atoms with Crippen LogP contribution in [0.25, 0.3) is 17.2 Å². The molecule has 0 amide bonds. The van der Waals surface area contributed by atoms with E-state index in [0.29, 0.717) is 23.8 Å². The van der Waals surface area contributed by atoms with Crippen molar-refractivity contribution in [2.24, 2.45) is 0 Å². The maximum Gasteiger partial charge on any atom is 0.274 e. The predicted octanol–water partition coefficient (Wildman–Crippen LogP) is 4.65. The molecule has 4 rings (SSSR count). The van der Waals surface area contributed by atoms with Crippen molar-refractivity contribution < 1.29 is 0 Å². The molecule has 4 aromatic rings. The van der Waals surface area contributed by atoms with Crippen LogP contribution in [0.2, 0.25) is 0 Å². The third-order valence-corrected chi connectivity index (χ3v) is 4.69. The molecule has 2 N–H and O–H groups in total. The lowest BCUT2D eigenvalue weighted by molar-refractivity contribution is 0.879. The first-order chi connectivity index (χ1) is 14.0. The topological polar surface area (TPSA) is 75.1 Å². The van der Waals surface area contributed by atoms with Gasteiger partial charge in [0.25, 0.3) is 11.3 Å². The van der Waals surface area contributed by atoms with E-state index in [4.69, 9.17) is 0 Å². The Labute approximate surface area is 170 Å². The number of nitrogens with zero attached hydrogens (tertiary/aromatic N) is 3. The van der Waals surface area contributed by atoms with Gasteiger partial charge in [-0.15, -0.1) is 0 Å². The van der Waals surface area contributed by atoms with Gasteiger partial charge in [0.1, 0.15) is 0 Å². The summed E-state index contributed by atoms with van der Waals surface area (Å²) >= 11 is 0. The molecular formula is C23H27N5O. The smallest absolute Gasteiger partial charge is 0.274 e.